The maximum absolute atomic E-state index is 12.6. The molecular weight excluding hydrogens is 451 g/mol. The van der Waals surface area contributed by atoms with Gasteiger partial charge >= 0.3 is 0 Å². The molecular formula is C19H22Cl2N4O4S. The van der Waals surface area contributed by atoms with Crippen molar-refractivity contribution in [2.24, 2.45) is 0 Å². The van der Waals surface area contributed by atoms with Crippen molar-refractivity contribution in [2.75, 3.05) is 31.2 Å². The summed E-state index contributed by atoms with van der Waals surface area (Å²) in [4.78, 5) is 18.7. The quantitative estimate of drug-likeness (QED) is 0.640. The summed E-state index contributed by atoms with van der Waals surface area (Å²) in [6, 6.07) is 7.11. The number of carbonyl (C=O) groups excluding carboxylic acids is 1. The number of sulfonamides is 1. The molecule has 2 N–H and O–H groups in total. The number of morpholine rings is 1. The molecule has 162 valence electrons. The molecule has 0 aliphatic carbocycles. The lowest BCUT2D eigenvalue weighted by Gasteiger charge is -2.27. The fourth-order valence-corrected chi connectivity index (χ4v) is 5.27. The zero-order chi connectivity index (χ0) is 21.7. The maximum atomic E-state index is 12.6. The van der Waals surface area contributed by atoms with E-state index in [2.05, 4.69) is 19.9 Å². The van der Waals surface area contributed by atoms with E-state index >= 15 is 0 Å². The van der Waals surface area contributed by atoms with Crippen LogP contribution in [0.5, 0.6) is 0 Å². The van der Waals surface area contributed by atoms with Gasteiger partial charge in [0.15, 0.2) is 0 Å². The summed E-state index contributed by atoms with van der Waals surface area (Å²) in [5.74, 6) is 0.366. The third-order valence-electron chi connectivity index (χ3n) is 4.52. The summed E-state index contributed by atoms with van der Waals surface area (Å²) >= 11 is 11.9. The van der Waals surface area contributed by atoms with Gasteiger partial charge in [-0.1, -0.05) is 35.3 Å². The molecule has 30 heavy (non-hydrogen) atoms. The summed E-state index contributed by atoms with van der Waals surface area (Å²) in [7, 11) is -4.07. The van der Waals surface area contributed by atoms with Gasteiger partial charge in [0.1, 0.15) is 10.7 Å². The molecule has 1 saturated heterocycles. The highest BCUT2D eigenvalue weighted by Gasteiger charge is 2.26. The van der Waals surface area contributed by atoms with Crippen LogP contribution in [0.4, 0.5) is 5.82 Å². The first-order chi connectivity index (χ1) is 14.3. The number of aromatic nitrogens is 1. The summed E-state index contributed by atoms with van der Waals surface area (Å²) in [5, 5.41) is 2.66. The molecule has 11 heteroatoms. The van der Waals surface area contributed by atoms with Crippen LogP contribution in [0.1, 0.15) is 12.5 Å². The number of amides is 1. The Kier molecular flexibility index (Phi) is 7.54. The van der Waals surface area contributed by atoms with E-state index in [1.54, 1.807) is 6.20 Å². The number of benzene rings is 1. The third kappa shape index (κ3) is 5.61. The van der Waals surface area contributed by atoms with Crippen LogP contribution < -0.4 is 14.9 Å². The van der Waals surface area contributed by atoms with Crippen LogP contribution in [0.2, 0.25) is 10.0 Å². The molecule has 1 aliphatic heterocycles. The molecule has 0 saturated carbocycles. The van der Waals surface area contributed by atoms with Gasteiger partial charge in [-0.25, -0.2) is 13.4 Å². The molecule has 0 radical (unpaired) electrons. The molecule has 1 aromatic heterocycles. The Morgan fingerprint density at radius 2 is 1.87 bits per heavy atom. The highest BCUT2D eigenvalue weighted by molar-refractivity contribution is 7.89. The van der Waals surface area contributed by atoms with E-state index in [0.29, 0.717) is 13.2 Å². The number of anilines is 1. The number of rotatable bonds is 7. The molecule has 3 rings (SSSR count). The molecule has 1 atom stereocenters. The second kappa shape index (κ2) is 9.93. The van der Waals surface area contributed by atoms with E-state index in [4.69, 9.17) is 27.9 Å². The van der Waals surface area contributed by atoms with Crippen LogP contribution >= 0.6 is 23.2 Å². The predicted molar refractivity (Wildman–Crippen MR) is 115 cm³/mol. The predicted octanol–water partition coefficient (Wildman–Crippen LogP) is 2.21. The number of pyridine rings is 1. The minimum absolute atomic E-state index is 0.0194. The summed E-state index contributed by atoms with van der Waals surface area (Å²) in [5.41, 5.74) is 0.796. The lowest BCUT2D eigenvalue weighted by atomic mass is 10.2. The first-order valence-corrected chi connectivity index (χ1v) is 11.5. The molecule has 1 aromatic carbocycles. The van der Waals surface area contributed by atoms with Gasteiger partial charge in [0.25, 0.3) is 0 Å². The first-order valence-electron chi connectivity index (χ1n) is 9.29. The van der Waals surface area contributed by atoms with E-state index in [0.717, 1.165) is 24.5 Å². The van der Waals surface area contributed by atoms with Gasteiger partial charge in [-0.05, 0) is 30.7 Å². The van der Waals surface area contributed by atoms with Gasteiger partial charge in [-0.15, -0.1) is 0 Å². The second-order valence-electron chi connectivity index (χ2n) is 6.74. The largest absolute Gasteiger partial charge is 0.378 e. The van der Waals surface area contributed by atoms with E-state index in [1.807, 2.05) is 12.1 Å². The van der Waals surface area contributed by atoms with Crippen molar-refractivity contribution >= 4 is 45.0 Å². The van der Waals surface area contributed by atoms with Crippen LogP contribution in [0.15, 0.2) is 41.4 Å². The lowest BCUT2D eigenvalue weighted by molar-refractivity contribution is -0.122. The minimum Gasteiger partial charge on any atom is -0.378 e. The van der Waals surface area contributed by atoms with Crippen LogP contribution in [-0.4, -0.2) is 51.7 Å². The van der Waals surface area contributed by atoms with Crippen molar-refractivity contribution in [1.82, 2.24) is 15.0 Å². The molecule has 1 amide bonds. The van der Waals surface area contributed by atoms with E-state index in [1.165, 1.54) is 25.1 Å². The molecule has 0 spiro atoms. The Hall–Kier alpha value is -1.91. The fourth-order valence-electron chi connectivity index (χ4n) is 2.93. The highest BCUT2D eigenvalue weighted by Crippen LogP contribution is 2.28. The summed E-state index contributed by atoms with van der Waals surface area (Å²) in [6.07, 6.45) is 1.68. The van der Waals surface area contributed by atoms with Crippen molar-refractivity contribution in [3.05, 3.63) is 52.1 Å². The number of nitrogens with zero attached hydrogens (tertiary/aromatic N) is 2. The normalized spacial score (nSPS) is 15.6. The van der Waals surface area contributed by atoms with Crippen LogP contribution in [0.25, 0.3) is 0 Å². The van der Waals surface area contributed by atoms with Gasteiger partial charge in [0.2, 0.25) is 15.9 Å². The smallest absolute Gasteiger partial charge is 0.244 e. The topological polar surface area (TPSA) is 101 Å². The molecule has 8 nitrogen and oxygen atoms in total. The number of hydrogen-bond acceptors (Lipinski definition) is 6. The Morgan fingerprint density at radius 3 is 2.47 bits per heavy atom. The zero-order valence-corrected chi connectivity index (χ0v) is 18.6. The average molecular weight is 473 g/mol. The molecule has 1 aliphatic rings. The minimum atomic E-state index is -4.07. The van der Waals surface area contributed by atoms with Crippen molar-refractivity contribution in [3.63, 3.8) is 0 Å². The Bertz CT molecular complexity index is 976. The average Bonchev–Trinajstić information content (AvgIpc) is 2.72. The van der Waals surface area contributed by atoms with Gasteiger partial charge < -0.3 is 15.0 Å². The van der Waals surface area contributed by atoms with E-state index < -0.39 is 22.0 Å². The Morgan fingerprint density at radius 1 is 1.20 bits per heavy atom. The van der Waals surface area contributed by atoms with Crippen LogP contribution in [0, 0.1) is 0 Å². The van der Waals surface area contributed by atoms with Crippen LogP contribution in [0.3, 0.4) is 0 Å². The fraction of sp³-hybridized carbons (Fsp3) is 0.368. The number of carbonyl (C=O) groups is 1. The van der Waals surface area contributed by atoms with Crippen LogP contribution in [-0.2, 0) is 26.1 Å². The van der Waals surface area contributed by atoms with Gasteiger partial charge in [-0.3, -0.25) is 4.79 Å². The Balaban J connectivity index is 1.56. The number of ether oxygens (including phenoxy) is 1. The number of hydrogen-bond donors (Lipinski definition) is 2. The van der Waals surface area contributed by atoms with Crippen molar-refractivity contribution in [2.45, 2.75) is 24.4 Å². The van der Waals surface area contributed by atoms with Crippen molar-refractivity contribution in [1.29, 1.82) is 0 Å². The van der Waals surface area contributed by atoms with Gasteiger partial charge in [0, 0.05) is 25.8 Å². The maximum Gasteiger partial charge on any atom is 0.244 e. The monoisotopic (exact) mass is 472 g/mol. The van der Waals surface area contributed by atoms with Gasteiger partial charge in [-0.2, -0.15) is 4.72 Å². The molecule has 1 fully saturated rings. The third-order valence-corrected chi connectivity index (χ3v) is 7.02. The van der Waals surface area contributed by atoms with Gasteiger partial charge in [0.05, 0.1) is 29.3 Å². The summed E-state index contributed by atoms with van der Waals surface area (Å²) < 4.78 is 32.8. The lowest BCUT2D eigenvalue weighted by Crippen LogP contribution is -2.44. The van der Waals surface area contributed by atoms with Crippen molar-refractivity contribution < 1.29 is 17.9 Å². The zero-order valence-electron chi connectivity index (χ0n) is 16.3. The molecule has 2 aromatic rings. The molecule has 2 heterocycles. The number of halogens is 2. The molecule has 0 unspecified atom stereocenters. The standard InChI is InChI=1S/C19H22Cl2N4O4S/c1-13(24-30(27,28)18-15(20)3-2-4-16(18)21)19(26)23-12-14-5-6-17(22-11-14)25-7-9-29-10-8-25/h2-6,11,13,24H,7-10,12H2,1H3,(H,23,26)/t13-/m1/s1. The number of nitrogens with one attached hydrogen (secondary N) is 2. The summed E-state index contributed by atoms with van der Waals surface area (Å²) in [6.45, 7) is 4.58. The second-order valence-corrected chi connectivity index (χ2v) is 9.20. The highest BCUT2D eigenvalue weighted by atomic mass is 35.5. The molecule has 0 bridgehead atoms. The SMILES string of the molecule is C[C@@H](NS(=O)(=O)c1c(Cl)cccc1Cl)C(=O)NCc1ccc(N2CCOCC2)nc1. The van der Waals surface area contributed by atoms with E-state index in [-0.39, 0.29) is 21.5 Å². The van der Waals surface area contributed by atoms with Crippen molar-refractivity contribution in [3.8, 4) is 0 Å². The first kappa shape index (κ1) is 22.8. The van der Waals surface area contributed by atoms with E-state index in [9.17, 15) is 13.2 Å². The Labute approximate surface area is 185 Å².